The Balaban J connectivity index is 0.00000128. The first-order valence-electron chi connectivity index (χ1n) is 4.50. The van der Waals surface area contributed by atoms with Gasteiger partial charge in [0.15, 0.2) is 5.78 Å². The molecule has 2 rings (SSSR count). The van der Waals surface area contributed by atoms with E-state index < -0.39 is 0 Å². The van der Waals surface area contributed by atoms with Crippen molar-refractivity contribution in [3.05, 3.63) is 48.6 Å². The maximum atomic E-state index is 10.8. The summed E-state index contributed by atoms with van der Waals surface area (Å²) in [5, 5.41) is 10.8. The second-order valence-corrected chi connectivity index (χ2v) is 3.10. The molecule has 0 fully saturated rings. The maximum absolute atomic E-state index is 10.8. The van der Waals surface area contributed by atoms with Crippen LogP contribution >= 0.6 is 0 Å². The molecular weight excluding hydrogens is 213 g/mol. The fraction of sp³-hybridized carbons (Fsp3) is 0. The van der Waals surface area contributed by atoms with Gasteiger partial charge in [0, 0.05) is 0 Å². The van der Waals surface area contributed by atoms with Crippen molar-refractivity contribution in [1.29, 1.82) is 0 Å². The minimum absolute atomic E-state index is 0. The fourth-order valence-corrected chi connectivity index (χ4v) is 1.19. The van der Waals surface area contributed by atoms with Gasteiger partial charge < -0.3 is 5.11 Å². The first-order valence-corrected chi connectivity index (χ1v) is 4.50. The van der Waals surface area contributed by atoms with Crippen molar-refractivity contribution in [1.82, 2.24) is 0 Å². The van der Waals surface area contributed by atoms with E-state index in [1.54, 1.807) is 24.3 Å². The van der Waals surface area contributed by atoms with Crippen LogP contribution in [0.2, 0.25) is 0 Å². The van der Waals surface area contributed by atoms with Crippen molar-refractivity contribution in [2.45, 2.75) is 0 Å². The summed E-state index contributed by atoms with van der Waals surface area (Å²) >= 11 is 0. The number of ketones is 1. The van der Waals surface area contributed by atoms with E-state index in [-0.39, 0.29) is 41.1 Å². The van der Waals surface area contributed by atoms with Crippen LogP contribution in [-0.2, 0) is 4.79 Å². The molecule has 74 valence electrons. The van der Waals surface area contributed by atoms with E-state index in [0.29, 0.717) is 11.4 Å². The molecule has 0 spiro atoms. The largest absolute Gasteiger partial charge is 1.00 e. The van der Waals surface area contributed by atoms with Crippen molar-refractivity contribution < 1.29 is 39.5 Å². The van der Waals surface area contributed by atoms with Crippen LogP contribution in [0.3, 0.4) is 0 Å². The molecule has 0 aliphatic heterocycles. The second-order valence-electron chi connectivity index (χ2n) is 3.10. The van der Waals surface area contributed by atoms with E-state index in [1.165, 1.54) is 24.3 Å². The number of hydrogen-bond donors (Lipinski definition) is 0. The molecule has 0 atom stereocenters. The molecule has 0 radical (unpaired) electrons. The predicted octanol–water partition coefficient (Wildman–Crippen LogP) is -1.47. The van der Waals surface area contributed by atoms with Gasteiger partial charge in [-0.15, -0.1) is 5.75 Å². The van der Waals surface area contributed by atoms with Gasteiger partial charge >= 0.3 is 29.6 Å². The van der Waals surface area contributed by atoms with Crippen LogP contribution in [0.4, 0.5) is 5.69 Å². The topological polar surface area (TPSA) is 52.5 Å². The van der Waals surface area contributed by atoms with Crippen LogP contribution in [0.5, 0.6) is 5.75 Å². The van der Waals surface area contributed by atoms with Crippen LogP contribution in [0.25, 0.3) is 0 Å². The van der Waals surface area contributed by atoms with Gasteiger partial charge in [0.05, 0.1) is 11.4 Å². The van der Waals surface area contributed by atoms with Crippen LogP contribution in [0.15, 0.2) is 53.6 Å². The Hall–Kier alpha value is -1.16. The molecule has 0 aromatic heterocycles. The van der Waals surface area contributed by atoms with Crippen LogP contribution in [0.1, 0.15) is 0 Å². The molecule has 0 N–H and O–H groups in total. The summed E-state index contributed by atoms with van der Waals surface area (Å²) in [5.74, 6) is -0.0762. The van der Waals surface area contributed by atoms with E-state index >= 15 is 0 Å². The van der Waals surface area contributed by atoms with Crippen LogP contribution in [-0.4, -0.2) is 11.5 Å². The van der Waals surface area contributed by atoms with Gasteiger partial charge in [-0.2, -0.15) is 0 Å². The van der Waals surface area contributed by atoms with Gasteiger partial charge in [-0.3, -0.25) is 4.79 Å². The maximum Gasteiger partial charge on any atom is 1.00 e. The van der Waals surface area contributed by atoms with Gasteiger partial charge in [0.2, 0.25) is 0 Å². The number of carbonyl (C=O) groups is 1. The molecule has 1 aliphatic carbocycles. The summed E-state index contributed by atoms with van der Waals surface area (Å²) in [6.07, 6.45) is 6.21. The van der Waals surface area contributed by atoms with E-state index in [0.717, 1.165) is 0 Å². The minimum Gasteiger partial charge on any atom is -0.872 e. The minimum atomic E-state index is -0.0381. The third-order valence-corrected chi connectivity index (χ3v) is 1.93. The Morgan fingerprint density at radius 1 is 0.938 bits per heavy atom. The molecule has 1 aromatic carbocycles. The molecule has 0 saturated carbocycles. The molecule has 1 aromatic rings. The Labute approximate surface area is 116 Å². The summed E-state index contributed by atoms with van der Waals surface area (Å²) in [5.41, 5.74) is 1.40. The van der Waals surface area contributed by atoms with Gasteiger partial charge in [-0.25, -0.2) is 4.99 Å². The molecular formula is C12H8NNaO2. The number of allylic oxidation sites excluding steroid dienone is 4. The summed E-state index contributed by atoms with van der Waals surface area (Å²) in [6.45, 7) is 0. The van der Waals surface area contributed by atoms with Crippen molar-refractivity contribution in [3.63, 3.8) is 0 Å². The molecule has 4 heteroatoms. The SMILES string of the molecule is O=C1C=CC(=Nc2ccc([O-])cc2)C=C1.[Na+]. The second kappa shape index (κ2) is 5.80. The summed E-state index contributed by atoms with van der Waals surface area (Å²) in [6, 6.07) is 6.21. The third kappa shape index (κ3) is 3.45. The van der Waals surface area contributed by atoms with Crippen molar-refractivity contribution >= 4 is 17.2 Å². The predicted molar refractivity (Wildman–Crippen MR) is 56.3 cm³/mol. The molecule has 3 nitrogen and oxygen atoms in total. The van der Waals surface area contributed by atoms with Gasteiger partial charge in [0.1, 0.15) is 0 Å². The Morgan fingerprint density at radius 3 is 2.06 bits per heavy atom. The van der Waals surface area contributed by atoms with E-state index in [9.17, 15) is 9.90 Å². The molecule has 0 heterocycles. The zero-order valence-electron chi connectivity index (χ0n) is 8.88. The molecule has 0 unspecified atom stereocenters. The number of benzene rings is 1. The van der Waals surface area contributed by atoms with Crippen LogP contribution in [0, 0.1) is 0 Å². The molecule has 0 bridgehead atoms. The molecule has 0 saturated heterocycles. The zero-order valence-corrected chi connectivity index (χ0v) is 10.9. The first-order chi connectivity index (χ1) is 7.24. The quantitative estimate of drug-likeness (QED) is 0.429. The van der Waals surface area contributed by atoms with Crippen molar-refractivity contribution in [2.24, 2.45) is 4.99 Å². The standard InChI is InChI=1S/C12H9NO2.Na/c14-11-5-1-9(2-6-11)13-10-3-7-12(15)8-4-10;/h1-8,14H;/q;+1/p-1. The normalized spacial score (nSPS) is 13.5. The summed E-state index contributed by atoms with van der Waals surface area (Å²) in [4.78, 5) is 15.1. The monoisotopic (exact) mass is 221 g/mol. The smallest absolute Gasteiger partial charge is 0.872 e. The number of hydrogen-bond acceptors (Lipinski definition) is 3. The van der Waals surface area contributed by atoms with Crippen molar-refractivity contribution in [3.8, 4) is 5.75 Å². The van der Waals surface area contributed by atoms with Crippen LogP contribution < -0.4 is 34.7 Å². The Kier molecular flexibility index (Phi) is 4.68. The van der Waals surface area contributed by atoms with Gasteiger partial charge in [-0.1, -0.05) is 12.1 Å². The van der Waals surface area contributed by atoms with E-state index in [2.05, 4.69) is 4.99 Å². The number of aliphatic imine (C=N–C) groups is 1. The number of nitrogens with zero attached hydrogens (tertiary/aromatic N) is 1. The zero-order chi connectivity index (χ0) is 10.7. The average Bonchev–Trinajstić information content (AvgIpc) is 2.25. The summed E-state index contributed by atoms with van der Waals surface area (Å²) < 4.78 is 0. The van der Waals surface area contributed by atoms with E-state index in [1.807, 2.05) is 0 Å². The Morgan fingerprint density at radius 2 is 1.50 bits per heavy atom. The Bertz CT molecular complexity index is 454. The van der Waals surface area contributed by atoms with Gasteiger partial charge in [0.25, 0.3) is 0 Å². The fourth-order valence-electron chi connectivity index (χ4n) is 1.19. The first kappa shape index (κ1) is 12.9. The third-order valence-electron chi connectivity index (χ3n) is 1.93. The molecule has 16 heavy (non-hydrogen) atoms. The average molecular weight is 221 g/mol. The molecule has 1 aliphatic rings. The van der Waals surface area contributed by atoms with Gasteiger partial charge in [-0.05, 0) is 36.4 Å². The van der Waals surface area contributed by atoms with E-state index in [4.69, 9.17) is 0 Å². The summed E-state index contributed by atoms with van der Waals surface area (Å²) in [7, 11) is 0. The molecule has 0 amide bonds. The number of carbonyl (C=O) groups excluding carboxylic acids is 1. The van der Waals surface area contributed by atoms with Crippen molar-refractivity contribution in [2.75, 3.05) is 0 Å². The number of rotatable bonds is 1.